The van der Waals surface area contributed by atoms with E-state index >= 15 is 0 Å². The number of hydrogen-bond donors (Lipinski definition) is 3. The van der Waals surface area contributed by atoms with Crippen molar-refractivity contribution >= 4 is 23.5 Å². The Labute approximate surface area is 115 Å². The fraction of sp³-hybridized carbons (Fsp3) is 0.333. The topological polar surface area (TPSA) is 102 Å². The van der Waals surface area contributed by atoms with E-state index in [-0.39, 0.29) is 11.6 Å². The van der Waals surface area contributed by atoms with E-state index in [1.807, 2.05) is 0 Å². The van der Waals surface area contributed by atoms with E-state index < -0.39 is 24.0 Å². The maximum absolute atomic E-state index is 11.8. The maximum atomic E-state index is 11.8. The van der Waals surface area contributed by atoms with Gasteiger partial charge in [0.15, 0.2) is 6.04 Å². The predicted octanol–water partition coefficient (Wildman–Crippen LogP) is 0.556. The van der Waals surface area contributed by atoms with Crippen molar-refractivity contribution in [3.63, 3.8) is 0 Å². The number of carboxylic acid groups (broad SMARTS) is 1. The van der Waals surface area contributed by atoms with Gasteiger partial charge in [-0.05, 0) is 6.07 Å². The summed E-state index contributed by atoms with van der Waals surface area (Å²) < 4.78 is 4.85. The summed E-state index contributed by atoms with van der Waals surface area (Å²) in [4.78, 5) is 23.0. The lowest BCUT2D eigenvalue weighted by Crippen LogP contribution is -2.44. The van der Waals surface area contributed by atoms with Gasteiger partial charge in [-0.25, -0.2) is 4.79 Å². The quantitative estimate of drug-likeness (QED) is 0.709. The van der Waals surface area contributed by atoms with E-state index in [2.05, 4.69) is 5.32 Å². The highest BCUT2D eigenvalue weighted by Gasteiger charge is 2.27. The van der Waals surface area contributed by atoms with Gasteiger partial charge in [0.05, 0.1) is 0 Å². The highest BCUT2D eigenvalue weighted by molar-refractivity contribution is 6.31. The molecule has 1 aromatic rings. The zero-order valence-corrected chi connectivity index (χ0v) is 11.1. The fourth-order valence-corrected chi connectivity index (χ4v) is 1.77. The minimum atomic E-state index is -1.25. The Bertz CT molecular complexity index is 463. The summed E-state index contributed by atoms with van der Waals surface area (Å²) >= 11 is 5.92. The third-order valence-electron chi connectivity index (χ3n) is 2.54. The Morgan fingerprint density at radius 3 is 2.58 bits per heavy atom. The Hall–Kier alpha value is -1.63. The van der Waals surface area contributed by atoms with E-state index in [1.165, 1.54) is 13.2 Å². The van der Waals surface area contributed by atoms with Gasteiger partial charge in [-0.3, -0.25) is 4.79 Å². The molecule has 0 fully saturated rings. The average Bonchev–Trinajstić information content (AvgIpc) is 2.38. The molecule has 0 saturated carbocycles. The molecule has 1 rings (SSSR count). The molecule has 104 valence electrons. The molecule has 2 atom stereocenters. The van der Waals surface area contributed by atoms with Crippen molar-refractivity contribution in [3.8, 4) is 0 Å². The molecule has 0 aromatic heterocycles. The molecule has 6 nitrogen and oxygen atoms in total. The van der Waals surface area contributed by atoms with E-state index in [1.54, 1.807) is 18.2 Å². The summed E-state index contributed by atoms with van der Waals surface area (Å²) in [5.74, 6) is -1.81. The van der Waals surface area contributed by atoms with Gasteiger partial charge in [0, 0.05) is 24.2 Å². The van der Waals surface area contributed by atoms with Crippen molar-refractivity contribution in [2.75, 3.05) is 13.7 Å². The number of nitrogens with two attached hydrogens (primary N) is 1. The zero-order valence-electron chi connectivity index (χ0n) is 10.3. The van der Waals surface area contributed by atoms with Crippen molar-refractivity contribution in [2.45, 2.75) is 12.1 Å². The minimum Gasteiger partial charge on any atom is -0.479 e. The van der Waals surface area contributed by atoms with E-state index in [0.29, 0.717) is 5.56 Å². The van der Waals surface area contributed by atoms with Crippen LogP contribution in [0.2, 0.25) is 5.02 Å². The molecule has 0 aliphatic rings. The fourth-order valence-electron chi connectivity index (χ4n) is 1.53. The Morgan fingerprint density at radius 1 is 1.47 bits per heavy atom. The number of halogens is 1. The van der Waals surface area contributed by atoms with Gasteiger partial charge in [0.1, 0.15) is 6.10 Å². The molecule has 7 heteroatoms. The molecule has 19 heavy (non-hydrogen) atoms. The van der Waals surface area contributed by atoms with Crippen LogP contribution in [-0.4, -0.2) is 36.7 Å². The molecule has 0 aliphatic heterocycles. The van der Waals surface area contributed by atoms with Crippen LogP contribution < -0.4 is 11.1 Å². The minimum absolute atomic E-state index is 0.0445. The second-order valence-corrected chi connectivity index (χ2v) is 4.17. The van der Waals surface area contributed by atoms with Crippen LogP contribution in [0, 0.1) is 0 Å². The molecule has 0 radical (unpaired) electrons. The van der Waals surface area contributed by atoms with Crippen LogP contribution in [0.15, 0.2) is 24.3 Å². The summed E-state index contributed by atoms with van der Waals surface area (Å²) in [6.45, 7) is -0.0445. The SMILES string of the molecule is COC(CN)C(=O)N[C@@H](C(=O)O)c1ccccc1Cl. The van der Waals surface area contributed by atoms with Gasteiger partial charge in [-0.1, -0.05) is 29.8 Å². The van der Waals surface area contributed by atoms with Crippen LogP contribution in [0.25, 0.3) is 0 Å². The van der Waals surface area contributed by atoms with Crippen molar-refractivity contribution < 1.29 is 19.4 Å². The van der Waals surface area contributed by atoms with Gasteiger partial charge in [-0.15, -0.1) is 0 Å². The highest BCUT2D eigenvalue weighted by Crippen LogP contribution is 2.23. The molecule has 4 N–H and O–H groups in total. The molecule has 1 amide bonds. The lowest BCUT2D eigenvalue weighted by atomic mass is 10.1. The molecule has 0 heterocycles. The second kappa shape index (κ2) is 7.08. The molecule has 0 spiro atoms. The van der Waals surface area contributed by atoms with Crippen LogP contribution in [0.1, 0.15) is 11.6 Å². The zero-order chi connectivity index (χ0) is 14.4. The molecule has 0 saturated heterocycles. The first-order valence-corrected chi connectivity index (χ1v) is 5.89. The number of rotatable bonds is 6. The number of carbonyl (C=O) groups is 2. The monoisotopic (exact) mass is 286 g/mol. The number of ether oxygens (including phenoxy) is 1. The number of carboxylic acids is 1. The average molecular weight is 287 g/mol. The van der Waals surface area contributed by atoms with E-state index in [0.717, 1.165) is 0 Å². The number of amides is 1. The molecule has 1 unspecified atom stereocenters. The third kappa shape index (κ3) is 3.92. The van der Waals surface area contributed by atoms with E-state index in [4.69, 9.17) is 22.1 Å². The summed E-state index contributed by atoms with van der Waals surface area (Å²) in [6.07, 6.45) is -0.899. The lowest BCUT2D eigenvalue weighted by molar-refractivity contribution is -0.144. The molecule has 0 bridgehead atoms. The second-order valence-electron chi connectivity index (χ2n) is 3.76. The Morgan fingerprint density at radius 2 is 2.11 bits per heavy atom. The first-order chi connectivity index (χ1) is 9.01. The number of hydrogen-bond acceptors (Lipinski definition) is 4. The number of carbonyl (C=O) groups excluding carboxylic acids is 1. The van der Waals surface area contributed by atoms with Crippen molar-refractivity contribution in [1.29, 1.82) is 0 Å². The standard InChI is InChI=1S/C12H15ClN2O4/c1-19-9(6-14)11(16)15-10(12(17)18)7-4-2-3-5-8(7)13/h2-5,9-10H,6,14H2,1H3,(H,15,16)(H,17,18)/t9?,10-/m1/s1. The summed E-state index contributed by atoms with van der Waals surface area (Å²) in [6, 6.07) is 5.15. The first kappa shape index (κ1) is 15.4. The Kier molecular flexibility index (Phi) is 5.75. The molecular weight excluding hydrogens is 272 g/mol. The molecular formula is C12H15ClN2O4. The van der Waals surface area contributed by atoms with Gasteiger partial charge < -0.3 is 20.9 Å². The largest absolute Gasteiger partial charge is 0.479 e. The summed E-state index contributed by atoms with van der Waals surface area (Å²) in [7, 11) is 1.32. The summed E-state index contributed by atoms with van der Waals surface area (Å²) in [5.41, 5.74) is 5.65. The van der Waals surface area contributed by atoms with Crippen molar-refractivity contribution in [2.24, 2.45) is 5.73 Å². The van der Waals surface area contributed by atoms with Crippen LogP contribution in [-0.2, 0) is 14.3 Å². The summed E-state index contributed by atoms with van der Waals surface area (Å²) in [5, 5.41) is 11.8. The Balaban J connectivity index is 2.95. The third-order valence-corrected chi connectivity index (χ3v) is 2.89. The predicted molar refractivity (Wildman–Crippen MR) is 69.8 cm³/mol. The van der Waals surface area contributed by atoms with Gasteiger partial charge in [0.25, 0.3) is 5.91 Å². The number of benzene rings is 1. The number of aliphatic carboxylic acids is 1. The van der Waals surface area contributed by atoms with Gasteiger partial charge in [-0.2, -0.15) is 0 Å². The van der Waals surface area contributed by atoms with Gasteiger partial charge >= 0.3 is 5.97 Å². The van der Waals surface area contributed by atoms with Crippen LogP contribution >= 0.6 is 11.6 Å². The lowest BCUT2D eigenvalue weighted by Gasteiger charge is -2.19. The van der Waals surface area contributed by atoms with Crippen LogP contribution in [0.4, 0.5) is 0 Å². The van der Waals surface area contributed by atoms with Crippen LogP contribution in [0.3, 0.4) is 0 Å². The smallest absolute Gasteiger partial charge is 0.330 e. The molecule has 0 aliphatic carbocycles. The van der Waals surface area contributed by atoms with E-state index in [9.17, 15) is 14.7 Å². The highest BCUT2D eigenvalue weighted by atomic mass is 35.5. The number of methoxy groups -OCH3 is 1. The van der Waals surface area contributed by atoms with Crippen molar-refractivity contribution in [1.82, 2.24) is 5.32 Å². The first-order valence-electron chi connectivity index (χ1n) is 5.51. The molecule has 1 aromatic carbocycles. The maximum Gasteiger partial charge on any atom is 0.330 e. The van der Waals surface area contributed by atoms with Gasteiger partial charge in [0.2, 0.25) is 0 Å². The van der Waals surface area contributed by atoms with Crippen molar-refractivity contribution in [3.05, 3.63) is 34.9 Å². The number of nitrogens with one attached hydrogen (secondary N) is 1. The van der Waals surface area contributed by atoms with Crippen LogP contribution in [0.5, 0.6) is 0 Å². The normalized spacial score (nSPS) is 13.6.